The minimum atomic E-state index is 0.780. The summed E-state index contributed by atoms with van der Waals surface area (Å²) in [6.45, 7) is 0.780. The molecule has 0 aliphatic heterocycles. The normalized spacial score (nSPS) is 10.1. The molecule has 0 saturated carbocycles. The van der Waals surface area contributed by atoms with Crippen LogP contribution in [0.25, 0.3) is 0 Å². The number of nitrogens with zero attached hydrogens (tertiary/aromatic N) is 3. The summed E-state index contributed by atoms with van der Waals surface area (Å²) < 4.78 is 0. The van der Waals surface area contributed by atoms with Crippen molar-refractivity contribution in [3.8, 4) is 0 Å². The van der Waals surface area contributed by atoms with Crippen LogP contribution in [-0.4, -0.2) is 57.9 Å². The minimum absolute atomic E-state index is 0.780. The van der Waals surface area contributed by atoms with E-state index in [-0.39, 0.29) is 0 Å². The number of likely N-dealkylation sites (N-methyl/N-ethyl adjacent to an activating group) is 1. The van der Waals surface area contributed by atoms with E-state index in [1.165, 1.54) is 0 Å². The Labute approximate surface area is 86.6 Å². The molecule has 4 nitrogen and oxygen atoms in total. The number of hydrogen-bond acceptors (Lipinski definition) is 3. The van der Waals surface area contributed by atoms with Crippen LogP contribution in [0.2, 0.25) is 0 Å². The number of aliphatic imine (C=N–C) groups is 1. The summed E-state index contributed by atoms with van der Waals surface area (Å²) in [6, 6.07) is 0. The van der Waals surface area contributed by atoms with Crippen molar-refractivity contribution < 1.29 is 0 Å². The quantitative estimate of drug-likeness (QED) is 0.391. The van der Waals surface area contributed by atoms with E-state index in [1.54, 1.807) is 12.5 Å². The Kier molecular flexibility index (Phi) is 6.54. The second kappa shape index (κ2) is 7.18. The van der Waals surface area contributed by atoms with E-state index in [9.17, 15) is 0 Å². The molecule has 0 amide bonds. The van der Waals surface area contributed by atoms with E-state index in [0.29, 0.717) is 0 Å². The van der Waals surface area contributed by atoms with Crippen molar-refractivity contribution in [3.05, 3.63) is 17.6 Å². The molecule has 0 aromatic heterocycles. The summed E-state index contributed by atoms with van der Waals surface area (Å²) in [5.41, 5.74) is 3.97. The predicted molar refractivity (Wildman–Crippen MR) is 61.4 cm³/mol. The summed E-state index contributed by atoms with van der Waals surface area (Å²) >= 11 is 0. The molecular weight excluding hydrogens is 176 g/mol. The molecule has 0 aliphatic rings. The van der Waals surface area contributed by atoms with Gasteiger partial charge in [0.15, 0.2) is 0 Å². The van der Waals surface area contributed by atoms with Gasteiger partial charge in [-0.05, 0) is 14.1 Å². The first-order valence-electron chi connectivity index (χ1n) is 4.53. The Morgan fingerprint density at radius 2 is 2.00 bits per heavy atom. The summed E-state index contributed by atoms with van der Waals surface area (Å²) in [7, 11) is 9.74. The van der Waals surface area contributed by atoms with Crippen LogP contribution in [0.15, 0.2) is 22.6 Å². The summed E-state index contributed by atoms with van der Waals surface area (Å²) in [5, 5.41) is 2.90. The molecule has 0 unspecified atom stereocenters. The van der Waals surface area contributed by atoms with Gasteiger partial charge in [0.25, 0.3) is 0 Å². The maximum absolute atomic E-state index is 4.29. The molecule has 0 spiro atoms. The molecule has 4 heteroatoms. The van der Waals surface area contributed by atoms with Gasteiger partial charge in [-0.3, -0.25) is 0 Å². The van der Waals surface area contributed by atoms with E-state index in [4.69, 9.17) is 0 Å². The maximum atomic E-state index is 4.29. The van der Waals surface area contributed by atoms with Gasteiger partial charge >= 0.3 is 0 Å². The Balaban J connectivity index is 4.49. The van der Waals surface area contributed by atoms with Crippen molar-refractivity contribution in [1.29, 1.82) is 0 Å². The van der Waals surface area contributed by atoms with Gasteiger partial charge in [0, 0.05) is 33.9 Å². The Hall–Kier alpha value is -1.25. The van der Waals surface area contributed by atoms with Crippen molar-refractivity contribution in [3.63, 3.8) is 0 Å². The average Bonchev–Trinajstić information content (AvgIpc) is 2.09. The van der Waals surface area contributed by atoms with Gasteiger partial charge in [0.1, 0.15) is 0 Å². The van der Waals surface area contributed by atoms with Gasteiger partial charge in [-0.25, -0.2) is 4.99 Å². The first kappa shape index (κ1) is 12.8. The predicted octanol–water partition coefficient (Wildman–Crippen LogP) is 0.354. The minimum Gasteiger partial charge on any atom is -0.388 e. The lowest BCUT2D eigenvalue weighted by atomic mass is 10.4. The highest BCUT2D eigenvalue weighted by molar-refractivity contribution is 5.55. The maximum Gasteiger partial charge on any atom is 0.0993 e. The zero-order chi connectivity index (χ0) is 11.0. The summed E-state index contributed by atoms with van der Waals surface area (Å²) in [5.74, 6) is 0. The van der Waals surface area contributed by atoms with E-state index in [2.05, 4.69) is 20.9 Å². The third-order valence-corrected chi connectivity index (χ3v) is 1.29. The smallest absolute Gasteiger partial charge is 0.0993 e. The Morgan fingerprint density at radius 1 is 1.36 bits per heavy atom. The second-order valence-corrected chi connectivity index (χ2v) is 3.47. The van der Waals surface area contributed by atoms with Crippen LogP contribution in [0.4, 0.5) is 0 Å². The van der Waals surface area contributed by atoms with Crippen molar-refractivity contribution in [2.24, 2.45) is 4.99 Å². The zero-order valence-corrected chi connectivity index (χ0v) is 9.70. The Morgan fingerprint density at radius 3 is 2.43 bits per heavy atom. The van der Waals surface area contributed by atoms with Crippen molar-refractivity contribution in [2.75, 3.05) is 41.8 Å². The van der Waals surface area contributed by atoms with Crippen molar-refractivity contribution in [1.82, 2.24) is 15.1 Å². The van der Waals surface area contributed by atoms with Gasteiger partial charge < -0.3 is 15.1 Å². The second-order valence-electron chi connectivity index (χ2n) is 3.47. The fraction of sp³-hybridized carbons (Fsp3) is 0.600. The van der Waals surface area contributed by atoms with Crippen LogP contribution >= 0.6 is 0 Å². The highest BCUT2D eigenvalue weighted by Crippen LogP contribution is 1.95. The molecule has 0 bridgehead atoms. The molecular formula is C10H20N4. The Bertz CT molecular complexity index is 235. The SMILES string of the molecule is CNC=C=C(CN(C)C)N=CN(C)C. The van der Waals surface area contributed by atoms with Gasteiger partial charge in [0.05, 0.1) is 12.0 Å². The van der Waals surface area contributed by atoms with E-state index >= 15 is 0 Å². The third-order valence-electron chi connectivity index (χ3n) is 1.29. The number of hydrogen-bond donors (Lipinski definition) is 1. The largest absolute Gasteiger partial charge is 0.388 e. The molecule has 0 saturated heterocycles. The molecule has 0 rings (SSSR count). The molecule has 0 heterocycles. The molecule has 0 aliphatic carbocycles. The summed E-state index contributed by atoms with van der Waals surface area (Å²) in [4.78, 5) is 8.25. The molecule has 0 fully saturated rings. The highest BCUT2D eigenvalue weighted by atomic mass is 15.1. The number of rotatable bonds is 5. The highest BCUT2D eigenvalue weighted by Gasteiger charge is 1.94. The van der Waals surface area contributed by atoms with E-state index < -0.39 is 0 Å². The van der Waals surface area contributed by atoms with E-state index in [1.807, 2.05) is 40.1 Å². The van der Waals surface area contributed by atoms with Gasteiger partial charge in [-0.2, -0.15) is 0 Å². The standard InChI is InChI=1S/C10H20N4/c1-11-7-6-10(8-13(2)3)12-9-14(4)5/h7,9,11H,8H2,1-5H3. The van der Waals surface area contributed by atoms with Crippen LogP contribution in [0, 0.1) is 0 Å². The fourth-order valence-electron chi connectivity index (χ4n) is 0.764. The fourth-order valence-corrected chi connectivity index (χ4v) is 0.764. The molecule has 0 aromatic rings. The first-order chi connectivity index (χ1) is 6.56. The summed E-state index contributed by atoms with van der Waals surface area (Å²) in [6.07, 6.45) is 3.53. The van der Waals surface area contributed by atoms with Crippen LogP contribution in [0.3, 0.4) is 0 Å². The topological polar surface area (TPSA) is 30.9 Å². The third kappa shape index (κ3) is 7.40. The van der Waals surface area contributed by atoms with E-state index in [0.717, 1.165) is 12.2 Å². The molecule has 0 radical (unpaired) electrons. The van der Waals surface area contributed by atoms with Crippen LogP contribution in [-0.2, 0) is 0 Å². The molecule has 14 heavy (non-hydrogen) atoms. The lowest BCUT2D eigenvalue weighted by Crippen LogP contribution is -2.15. The molecule has 80 valence electrons. The first-order valence-corrected chi connectivity index (χ1v) is 4.53. The average molecular weight is 196 g/mol. The van der Waals surface area contributed by atoms with Gasteiger partial charge in [0.2, 0.25) is 0 Å². The molecule has 0 atom stereocenters. The van der Waals surface area contributed by atoms with Gasteiger partial charge in [-0.15, -0.1) is 0 Å². The van der Waals surface area contributed by atoms with Crippen molar-refractivity contribution in [2.45, 2.75) is 0 Å². The van der Waals surface area contributed by atoms with Crippen LogP contribution in [0.1, 0.15) is 0 Å². The lowest BCUT2D eigenvalue weighted by molar-refractivity contribution is 0.443. The monoisotopic (exact) mass is 196 g/mol. The van der Waals surface area contributed by atoms with Crippen molar-refractivity contribution >= 4 is 6.34 Å². The van der Waals surface area contributed by atoms with Crippen LogP contribution < -0.4 is 5.32 Å². The zero-order valence-electron chi connectivity index (χ0n) is 9.70. The molecule has 0 aromatic carbocycles. The van der Waals surface area contributed by atoms with Gasteiger partial charge in [-0.1, -0.05) is 5.73 Å². The molecule has 1 N–H and O–H groups in total. The lowest BCUT2D eigenvalue weighted by Gasteiger charge is -2.09. The number of nitrogens with one attached hydrogen (secondary N) is 1. The van der Waals surface area contributed by atoms with Crippen LogP contribution in [0.5, 0.6) is 0 Å².